The molecule has 3 aromatic rings. The first kappa shape index (κ1) is 23.4. The summed E-state index contributed by atoms with van der Waals surface area (Å²) < 4.78 is 10.9. The second-order valence-electron chi connectivity index (χ2n) is 8.58. The lowest BCUT2D eigenvalue weighted by molar-refractivity contribution is -0.120. The van der Waals surface area contributed by atoms with Crippen LogP contribution in [0.25, 0.3) is 11.5 Å². The third-order valence-corrected chi connectivity index (χ3v) is 6.08. The molecule has 1 saturated carbocycles. The van der Waals surface area contributed by atoms with E-state index in [-0.39, 0.29) is 11.8 Å². The molecular weight excluding hydrogens is 434 g/mol. The van der Waals surface area contributed by atoms with Crippen LogP contribution in [-0.2, 0) is 9.53 Å². The van der Waals surface area contributed by atoms with Crippen LogP contribution in [0.1, 0.15) is 62.1 Å². The van der Waals surface area contributed by atoms with E-state index in [0.717, 1.165) is 31.2 Å². The van der Waals surface area contributed by atoms with Gasteiger partial charge in [-0.2, -0.15) is 0 Å². The number of nitrogens with one attached hydrogen (secondary N) is 2. The van der Waals surface area contributed by atoms with Gasteiger partial charge in [0.1, 0.15) is 23.2 Å². The fourth-order valence-electron chi connectivity index (χ4n) is 4.09. The Morgan fingerprint density at radius 2 is 1.88 bits per heavy atom. The summed E-state index contributed by atoms with van der Waals surface area (Å²) in [7, 11) is 0. The summed E-state index contributed by atoms with van der Waals surface area (Å²) in [5, 5.41) is 9.70. The number of ether oxygens (including phenoxy) is 1. The lowest BCUT2D eigenvalue weighted by Crippen LogP contribution is -2.25. The molecule has 0 bridgehead atoms. The smallest absolute Gasteiger partial charge is 0.412 e. The van der Waals surface area contributed by atoms with E-state index < -0.39 is 12.2 Å². The van der Waals surface area contributed by atoms with Gasteiger partial charge in [0.25, 0.3) is 0 Å². The Morgan fingerprint density at radius 1 is 1.09 bits per heavy atom. The molecular formula is C25H29N5O4. The highest BCUT2D eigenvalue weighted by Crippen LogP contribution is 2.32. The maximum atomic E-state index is 12.6. The molecule has 0 spiro atoms. The lowest BCUT2D eigenvalue weighted by Gasteiger charge is -2.21. The summed E-state index contributed by atoms with van der Waals surface area (Å²) >= 11 is 0. The molecule has 0 radical (unpaired) electrons. The zero-order valence-electron chi connectivity index (χ0n) is 19.6. The first-order valence-electron chi connectivity index (χ1n) is 11.5. The Bertz CT molecular complexity index is 1160. The normalized spacial score (nSPS) is 14.9. The largest absolute Gasteiger partial charge is 0.441 e. The van der Waals surface area contributed by atoms with Gasteiger partial charge in [-0.25, -0.2) is 9.78 Å². The third kappa shape index (κ3) is 5.41. The van der Waals surface area contributed by atoms with Gasteiger partial charge in [-0.05, 0) is 51.8 Å². The van der Waals surface area contributed by atoms with Crippen LogP contribution in [0, 0.1) is 19.8 Å². The van der Waals surface area contributed by atoms with E-state index >= 15 is 0 Å². The zero-order valence-corrected chi connectivity index (χ0v) is 19.6. The summed E-state index contributed by atoms with van der Waals surface area (Å²) in [4.78, 5) is 33.8. The van der Waals surface area contributed by atoms with Gasteiger partial charge in [0.05, 0.1) is 11.4 Å². The number of aromatic nitrogens is 3. The fraction of sp³-hybridized carbons (Fsp3) is 0.400. The van der Waals surface area contributed by atoms with E-state index in [1.807, 2.05) is 13.0 Å². The van der Waals surface area contributed by atoms with Crippen molar-refractivity contribution in [3.05, 3.63) is 53.6 Å². The van der Waals surface area contributed by atoms with E-state index in [1.54, 1.807) is 44.4 Å². The van der Waals surface area contributed by atoms with E-state index in [0.29, 0.717) is 34.2 Å². The van der Waals surface area contributed by atoms with Crippen molar-refractivity contribution in [3.8, 4) is 11.5 Å². The SMILES string of the molecule is Cc1nc(-c2onc(C)c2NC(=O)O[C@@H](C)c2cccnc2)ccc1NC(=O)C1CCCCC1. The van der Waals surface area contributed by atoms with Crippen molar-refractivity contribution in [1.82, 2.24) is 15.1 Å². The van der Waals surface area contributed by atoms with E-state index in [9.17, 15) is 9.59 Å². The van der Waals surface area contributed by atoms with E-state index in [2.05, 4.69) is 25.8 Å². The number of aryl methyl sites for hydroxylation is 2. The van der Waals surface area contributed by atoms with Crippen molar-refractivity contribution in [2.75, 3.05) is 10.6 Å². The number of pyridine rings is 2. The van der Waals surface area contributed by atoms with Crippen LogP contribution >= 0.6 is 0 Å². The molecule has 2 amide bonds. The quantitative estimate of drug-likeness (QED) is 0.490. The highest BCUT2D eigenvalue weighted by molar-refractivity contribution is 5.94. The maximum Gasteiger partial charge on any atom is 0.412 e. The molecule has 1 fully saturated rings. The molecule has 1 aliphatic carbocycles. The van der Waals surface area contributed by atoms with Gasteiger partial charge in [-0.15, -0.1) is 0 Å². The first-order chi connectivity index (χ1) is 16.4. The number of amides is 2. The molecule has 178 valence electrons. The van der Waals surface area contributed by atoms with Crippen molar-refractivity contribution in [3.63, 3.8) is 0 Å². The van der Waals surface area contributed by atoms with Gasteiger partial charge in [0.2, 0.25) is 11.7 Å². The van der Waals surface area contributed by atoms with E-state index in [1.165, 1.54) is 6.42 Å². The van der Waals surface area contributed by atoms with Crippen LogP contribution in [-0.4, -0.2) is 27.1 Å². The number of carbonyl (C=O) groups is 2. The summed E-state index contributed by atoms with van der Waals surface area (Å²) in [6.45, 7) is 5.31. The molecule has 9 nitrogen and oxygen atoms in total. The Hall–Kier alpha value is -3.75. The van der Waals surface area contributed by atoms with Crippen molar-refractivity contribution in [2.45, 2.75) is 59.0 Å². The molecule has 1 atom stereocenters. The number of hydrogen-bond donors (Lipinski definition) is 2. The Balaban J connectivity index is 1.46. The van der Waals surface area contributed by atoms with Crippen LogP contribution in [0.3, 0.4) is 0 Å². The predicted molar refractivity (Wildman–Crippen MR) is 127 cm³/mol. The molecule has 1 aliphatic rings. The Morgan fingerprint density at radius 3 is 2.59 bits per heavy atom. The molecule has 2 N–H and O–H groups in total. The summed E-state index contributed by atoms with van der Waals surface area (Å²) in [6, 6.07) is 7.15. The first-order valence-corrected chi connectivity index (χ1v) is 11.5. The monoisotopic (exact) mass is 463 g/mol. The zero-order chi connectivity index (χ0) is 24.1. The molecule has 0 unspecified atom stereocenters. The van der Waals surface area contributed by atoms with Crippen LogP contribution < -0.4 is 10.6 Å². The molecule has 0 aromatic carbocycles. The minimum Gasteiger partial charge on any atom is -0.441 e. The second kappa shape index (κ2) is 10.5. The minimum atomic E-state index is -0.642. The number of carbonyl (C=O) groups excluding carboxylic acids is 2. The standard InChI is InChI=1S/C25H29N5O4/c1-15-20(28-24(31)18-8-5-4-6-9-18)11-12-21(27-15)23-22(16(2)30-34-23)29-25(32)33-17(3)19-10-7-13-26-14-19/h7,10-14,17-18H,4-6,8-9H2,1-3H3,(H,28,31)(H,29,32)/t17-/m0/s1. The Kier molecular flexibility index (Phi) is 7.20. The molecule has 0 saturated heterocycles. The van der Waals surface area contributed by atoms with Gasteiger partial charge < -0.3 is 14.6 Å². The van der Waals surface area contributed by atoms with Gasteiger partial charge in [0.15, 0.2) is 0 Å². The second-order valence-corrected chi connectivity index (χ2v) is 8.58. The number of nitrogens with zero attached hydrogens (tertiary/aromatic N) is 3. The van der Waals surface area contributed by atoms with Gasteiger partial charge in [-0.3, -0.25) is 15.1 Å². The molecule has 34 heavy (non-hydrogen) atoms. The third-order valence-electron chi connectivity index (χ3n) is 6.08. The number of anilines is 2. The lowest BCUT2D eigenvalue weighted by atomic mass is 9.88. The molecule has 3 aromatic heterocycles. The summed E-state index contributed by atoms with van der Waals surface area (Å²) in [5.41, 5.74) is 3.46. The van der Waals surface area contributed by atoms with Gasteiger partial charge in [-0.1, -0.05) is 30.5 Å². The van der Waals surface area contributed by atoms with Crippen LogP contribution in [0.15, 0.2) is 41.2 Å². The maximum absolute atomic E-state index is 12.6. The van der Waals surface area contributed by atoms with Crippen LogP contribution in [0.5, 0.6) is 0 Å². The molecule has 9 heteroatoms. The van der Waals surface area contributed by atoms with Crippen molar-refractivity contribution < 1.29 is 18.8 Å². The van der Waals surface area contributed by atoms with Crippen molar-refractivity contribution in [2.24, 2.45) is 5.92 Å². The van der Waals surface area contributed by atoms with Crippen molar-refractivity contribution in [1.29, 1.82) is 0 Å². The molecule has 3 heterocycles. The van der Waals surface area contributed by atoms with E-state index in [4.69, 9.17) is 9.26 Å². The summed E-state index contributed by atoms with van der Waals surface area (Å²) in [5.74, 6) is 0.415. The number of rotatable bonds is 6. The highest BCUT2D eigenvalue weighted by Gasteiger charge is 2.23. The van der Waals surface area contributed by atoms with Gasteiger partial charge >= 0.3 is 6.09 Å². The molecule has 4 rings (SSSR count). The highest BCUT2D eigenvalue weighted by atomic mass is 16.6. The minimum absolute atomic E-state index is 0.0423. The Labute approximate surface area is 198 Å². The predicted octanol–water partition coefficient (Wildman–Crippen LogP) is 5.58. The van der Waals surface area contributed by atoms with Crippen LogP contribution in [0.2, 0.25) is 0 Å². The average Bonchev–Trinajstić information content (AvgIpc) is 3.21. The van der Waals surface area contributed by atoms with Gasteiger partial charge in [0, 0.05) is 23.9 Å². The number of hydrogen-bond acceptors (Lipinski definition) is 7. The molecule has 0 aliphatic heterocycles. The summed E-state index contributed by atoms with van der Waals surface area (Å²) in [6.07, 6.45) is 7.43. The van der Waals surface area contributed by atoms with Crippen LogP contribution in [0.4, 0.5) is 16.2 Å². The topological polar surface area (TPSA) is 119 Å². The van der Waals surface area contributed by atoms with Crippen molar-refractivity contribution >= 4 is 23.4 Å². The average molecular weight is 464 g/mol. The fourth-order valence-corrected chi connectivity index (χ4v) is 4.09.